The van der Waals surface area contributed by atoms with E-state index in [4.69, 9.17) is 0 Å². The molecule has 1 amide bonds. The molecule has 0 aliphatic rings. The molecule has 3 rings (SSSR count). The summed E-state index contributed by atoms with van der Waals surface area (Å²) in [6.07, 6.45) is 1.20. The van der Waals surface area contributed by atoms with Crippen LogP contribution in [0.2, 0.25) is 0 Å². The SMILES string of the molecule is CC(C)(C)c1ccc(O)c(NC(=O)Cn2c(=O)cnc3ccccc32)c1. The molecule has 0 spiro atoms. The van der Waals surface area contributed by atoms with Crippen LogP contribution in [-0.2, 0) is 16.8 Å². The van der Waals surface area contributed by atoms with Gasteiger partial charge in [0.25, 0.3) is 5.56 Å². The van der Waals surface area contributed by atoms with Crippen LogP contribution in [0.1, 0.15) is 26.3 Å². The molecular weight excluding hydrogens is 330 g/mol. The number of carbonyl (C=O) groups excluding carboxylic acids is 1. The third-order valence-corrected chi connectivity index (χ3v) is 4.19. The Morgan fingerprint density at radius 2 is 1.92 bits per heavy atom. The van der Waals surface area contributed by atoms with Crippen molar-refractivity contribution in [2.75, 3.05) is 5.32 Å². The molecule has 0 atom stereocenters. The lowest BCUT2D eigenvalue weighted by atomic mass is 9.87. The molecule has 6 heteroatoms. The van der Waals surface area contributed by atoms with Crippen molar-refractivity contribution in [3.05, 3.63) is 64.6 Å². The number of para-hydroxylation sites is 2. The van der Waals surface area contributed by atoms with E-state index < -0.39 is 5.91 Å². The highest BCUT2D eigenvalue weighted by atomic mass is 16.3. The van der Waals surface area contributed by atoms with Crippen LogP contribution in [0, 0.1) is 0 Å². The lowest BCUT2D eigenvalue weighted by Crippen LogP contribution is -2.28. The zero-order chi connectivity index (χ0) is 18.9. The standard InChI is InChI=1S/C20H21N3O3/c1-20(2,3)13-8-9-17(24)15(10-13)22-18(25)12-23-16-7-5-4-6-14(16)21-11-19(23)26/h4-11,24H,12H2,1-3H3,(H,22,25). The lowest BCUT2D eigenvalue weighted by Gasteiger charge is -2.20. The van der Waals surface area contributed by atoms with Crippen molar-refractivity contribution < 1.29 is 9.90 Å². The van der Waals surface area contributed by atoms with Gasteiger partial charge in [-0.25, -0.2) is 4.98 Å². The van der Waals surface area contributed by atoms with Gasteiger partial charge in [0, 0.05) is 0 Å². The summed E-state index contributed by atoms with van der Waals surface area (Å²) >= 11 is 0. The third kappa shape index (κ3) is 3.59. The number of benzene rings is 2. The molecule has 0 radical (unpaired) electrons. The van der Waals surface area contributed by atoms with E-state index in [1.165, 1.54) is 10.8 Å². The first-order valence-corrected chi connectivity index (χ1v) is 8.33. The van der Waals surface area contributed by atoms with Crippen molar-refractivity contribution in [2.24, 2.45) is 0 Å². The molecular formula is C20H21N3O3. The topological polar surface area (TPSA) is 84.2 Å². The molecule has 0 aliphatic carbocycles. The molecule has 3 aromatic rings. The number of hydrogen-bond acceptors (Lipinski definition) is 4. The Hall–Kier alpha value is -3.15. The van der Waals surface area contributed by atoms with Crippen molar-refractivity contribution in [2.45, 2.75) is 32.7 Å². The van der Waals surface area contributed by atoms with Gasteiger partial charge in [-0.15, -0.1) is 0 Å². The number of fused-ring (bicyclic) bond motifs is 1. The molecule has 6 nitrogen and oxygen atoms in total. The minimum absolute atomic E-state index is 0.0155. The van der Waals surface area contributed by atoms with E-state index in [1.54, 1.807) is 30.3 Å². The highest BCUT2D eigenvalue weighted by Gasteiger charge is 2.17. The molecule has 1 heterocycles. The number of carbonyl (C=O) groups is 1. The number of hydrogen-bond donors (Lipinski definition) is 2. The van der Waals surface area contributed by atoms with Gasteiger partial charge in [0.05, 0.1) is 22.9 Å². The van der Waals surface area contributed by atoms with E-state index in [9.17, 15) is 14.7 Å². The number of nitrogens with one attached hydrogen (secondary N) is 1. The summed E-state index contributed by atoms with van der Waals surface area (Å²) in [6, 6.07) is 12.3. The largest absolute Gasteiger partial charge is 0.506 e. The molecule has 0 saturated carbocycles. The second kappa shape index (κ2) is 6.63. The predicted molar refractivity (Wildman–Crippen MR) is 101 cm³/mol. The smallest absolute Gasteiger partial charge is 0.269 e. The molecule has 0 unspecified atom stereocenters. The van der Waals surface area contributed by atoms with Crippen LogP contribution < -0.4 is 10.9 Å². The molecule has 26 heavy (non-hydrogen) atoms. The maximum atomic E-state index is 12.5. The average molecular weight is 351 g/mol. The summed E-state index contributed by atoms with van der Waals surface area (Å²) in [5.74, 6) is -0.414. The fraction of sp³-hybridized carbons (Fsp3) is 0.250. The van der Waals surface area contributed by atoms with E-state index in [-0.39, 0.29) is 23.3 Å². The zero-order valence-electron chi connectivity index (χ0n) is 15.0. The first-order chi connectivity index (χ1) is 12.3. The van der Waals surface area contributed by atoms with Crippen LogP contribution >= 0.6 is 0 Å². The summed E-state index contributed by atoms with van der Waals surface area (Å²) in [4.78, 5) is 28.7. The summed E-state index contributed by atoms with van der Waals surface area (Å²) in [5, 5.41) is 12.7. The second-order valence-corrected chi connectivity index (χ2v) is 7.20. The van der Waals surface area contributed by atoms with Crippen molar-refractivity contribution in [3.8, 4) is 5.75 Å². The van der Waals surface area contributed by atoms with E-state index >= 15 is 0 Å². The van der Waals surface area contributed by atoms with Gasteiger partial charge in [0.2, 0.25) is 5.91 Å². The monoisotopic (exact) mass is 351 g/mol. The summed E-state index contributed by atoms with van der Waals surface area (Å²) in [7, 11) is 0. The Kier molecular flexibility index (Phi) is 4.50. The third-order valence-electron chi connectivity index (χ3n) is 4.19. The Labute approximate surface area is 151 Å². The minimum Gasteiger partial charge on any atom is -0.506 e. The van der Waals surface area contributed by atoms with Crippen LogP contribution in [0.25, 0.3) is 11.0 Å². The normalized spacial score (nSPS) is 11.5. The van der Waals surface area contributed by atoms with Crippen molar-refractivity contribution in [3.63, 3.8) is 0 Å². The Morgan fingerprint density at radius 3 is 2.65 bits per heavy atom. The summed E-state index contributed by atoms with van der Waals surface area (Å²) in [5.41, 5.74) is 2.06. The first-order valence-electron chi connectivity index (χ1n) is 8.33. The van der Waals surface area contributed by atoms with Gasteiger partial charge in [-0.1, -0.05) is 39.0 Å². The highest BCUT2D eigenvalue weighted by molar-refractivity contribution is 5.93. The molecule has 0 bridgehead atoms. The summed E-state index contributed by atoms with van der Waals surface area (Å²) in [6.45, 7) is 5.98. The van der Waals surface area contributed by atoms with Gasteiger partial charge >= 0.3 is 0 Å². The Bertz CT molecular complexity index is 1030. The second-order valence-electron chi connectivity index (χ2n) is 7.20. The van der Waals surface area contributed by atoms with Crippen molar-refractivity contribution >= 4 is 22.6 Å². The van der Waals surface area contributed by atoms with Crippen molar-refractivity contribution in [1.82, 2.24) is 9.55 Å². The fourth-order valence-electron chi connectivity index (χ4n) is 2.71. The lowest BCUT2D eigenvalue weighted by molar-refractivity contribution is -0.116. The quantitative estimate of drug-likeness (QED) is 0.711. The zero-order valence-corrected chi connectivity index (χ0v) is 15.0. The number of aromatic nitrogens is 2. The summed E-state index contributed by atoms with van der Waals surface area (Å²) < 4.78 is 1.36. The number of amides is 1. The molecule has 2 aromatic carbocycles. The van der Waals surface area contributed by atoms with Crippen molar-refractivity contribution in [1.29, 1.82) is 0 Å². The number of aromatic hydroxyl groups is 1. The Morgan fingerprint density at radius 1 is 1.19 bits per heavy atom. The van der Waals surface area contributed by atoms with Gasteiger partial charge < -0.3 is 10.4 Å². The number of rotatable bonds is 3. The van der Waals surface area contributed by atoms with Crippen LogP contribution in [0.4, 0.5) is 5.69 Å². The van der Waals surface area contributed by atoms with Gasteiger partial charge in [-0.05, 0) is 35.2 Å². The van der Waals surface area contributed by atoms with Gasteiger partial charge in [-0.3, -0.25) is 14.2 Å². The minimum atomic E-state index is -0.398. The Balaban J connectivity index is 1.89. The van der Waals surface area contributed by atoms with Crippen LogP contribution in [0.5, 0.6) is 5.75 Å². The molecule has 2 N–H and O–H groups in total. The number of anilines is 1. The van der Waals surface area contributed by atoms with E-state index in [0.29, 0.717) is 16.7 Å². The van der Waals surface area contributed by atoms with Crippen LogP contribution in [0.3, 0.4) is 0 Å². The van der Waals surface area contributed by atoms with E-state index in [2.05, 4.69) is 10.3 Å². The highest BCUT2D eigenvalue weighted by Crippen LogP contribution is 2.30. The van der Waals surface area contributed by atoms with E-state index in [0.717, 1.165) is 5.56 Å². The maximum Gasteiger partial charge on any atom is 0.269 e. The molecule has 0 fully saturated rings. The van der Waals surface area contributed by atoms with Crippen LogP contribution in [0.15, 0.2) is 53.5 Å². The molecule has 0 saturated heterocycles. The van der Waals surface area contributed by atoms with Crippen LogP contribution in [-0.4, -0.2) is 20.6 Å². The van der Waals surface area contributed by atoms with E-state index in [1.807, 2.05) is 32.9 Å². The number of phenols is 1. The predicted octanol–water partition coefficient (Wildman–Crippen LogP) is 3.04. The first kappa shape index (κ1) is 17.7. The maximum absolute atomic E-state index is 12.5. The van der Waals surface area contributed by atoms with Gasteiger partial charge in [0.15, 0.2) is 0 Å². The fourth-order valence-corrected chi connectivity index (χ4v) is 2.71. The molecule has 1 aromatic heterocycles. The van der Waals surface area contributed by atoms with Gasteiger partial charge in [-0.2, -0.15) is 0 Å². The van der Waals surface area contributed by atoms with Gasteiger partial charge in [0.1, 0.15) is 12.3 Å². The molecule has 134 valence electrons. The number of phenolic OH excluding ortho intramolecular Hbond substituents is 1. The molecule has 0 aliphatic heterocycles. The number of nitrogens with zero attached hydrogens (tertiary/aromatic N) is 2. The average Bonchev–Trinajstić information content (AvgIpc) is 2.58.